The number of alkyl halides is 6. The monoisotopic (exact) mass is 479 g/mol. The molecule has 0 aliphatic heterocycles. The third-order valence-corrected chi connectivity index (χ3v) is 5.21. The zero-order chi connectivity index (χ0) is 25.3. The lowest BCUT2D eigenvalue weighted by atomic mass is 9.86. The summed E-state index contributed by atoms with van der Waals surface area (Å²) >= 11 is 0. The van der Waals surface area contributed by atoms with Gasteiger partial charge in [0.15, 0.2) is 0 Å². The summed E-state index contributed by atoms with van der Waals surface area (Å²) in [5, 5.41) is 12.4. The molecule has 3 nitrogen and oxygen atoms in total. The topological polar surface area (TPSA) is 49.3 Å². The quantitative estimate of drug-likeness (QED) is 0.389. The van der Waals surface area contributed by atoms with E-state index < -0.39 is 23.5 Å². The van der Waals surface area contributed by atoms with Crippen LogP contribution in [0.25, 0.3) is 16.7 Å². The number of amides is 1. The molecule has 3 aromatic carbocycles. The fraction of sp³-hybridized carbons (Fsp3) is 0.160. The maximum atomic E-state index is 13.3. The predicted octanol–water partition coefficient (Wildman–Crippen LogP) is 6.95. The van der Waals surface area contributed by atoms with Crippen LogP contribution in [-0.4, -0.2) is 23.4 Å². The molecule has 0 aliphatic carbocycles. The van der Waals surface area contributed by atoms with Gasteiger partial charge in [-0.05, 0) is 53.9 Å². The summed E-state index contributed by atoms with van der Waals surface area (Å²) in [4.78, 5) is 12.3. The number of allylic oxidation sites excluding steroid dienone is 1. The van der Waals surface area contributed by atoms with Crippen molar-refractivity contribution in [3.63, 3.8) is 0 Å². The van der Waals surface area contributed by atoms with E-state index in [0.29, 0.717) is 34.5 Å². The highest BCUT2D eigenvalue weighted by atomic mass is 19.4. The molecule has 3 rings (SSSR count). The van der Waals surface area contributed by atoms with Crippen LogP contribution in [0.1, 0.15) is 28.4 Å². The normalized spacial score (nSPS) is 12.4. The highest BCUT2D eigenvalue weighted by Gasteiger charge is 2.71. The van der Waals surface area contributed by atoms with Crippen molar-refractivity contribution in [2.24, 2.45) is 0 Å². The largest absolute Gasteiger partial charge is 0.430 e. The number of halogens is 6. The van der Waals surface area contributed by atoms with Crippen molar-refractivity contribution >= 4 is 17.2 Å². The Morgan fingerprint density at radius 3 is 1.91 bits per heavy atom. The molecule has 34 heavy (non-hydrogen) atoms. The fourth-order valence-electron chi connectivity index (χ4n) is 3.39. The highest BCUT2D eigenvalue weighted by molar-refractivity contribution is 6.04. The van der Waals surface area contributed by atoms with Gasteiger partial charge in [-0.2, -0.15) is 26.3 Å². The Morgan fingerprint density at radius 2 is 1.41 bits per heavy atom. The van der Waals surface area contributed by atoms with Crippen LogP contribution in [-0.2, 0) is 5.60 Å². The predicted molar refractivity (Wildman–Crippen MR) is 117 cm³/mol. The maximum Gasteiger partial charge on any atom is 0.430 e. The number of benzene rings is 3. The Balaban J connectivity index is 1.98. The summed E-state index contributed by atoms with van der Waals surface area (Å²) in [6.45, 7) is 5.08. The molecule has 0 bridgehead atoms. The van der Waals surface area contributed by atoms with Gasteiger partial charge >= 0.3 is 12.4 Å². The van der Waals surface area contributed by atoms with E-state index in [1.165, 1.54) is 6.92 Å². The van der Waals surface area contributed by atoms with E-state index in [4.69, 9.17) is 0 Å². The van der Waals surface area contributed by atoms with Crippen molar-refractivity contribution in [3.05, 3.63) is 96.1 Å². The second-order valence-electron chi connectivity index (χ2n) is 7.64. The van der Waals surface area contributed by atoms with Crippen molar-refractivity contribution in [3.8, 4) is 11.1 Å². The number of aliphatic hydroxyl groups is 1. The molecule has 3 aromatic rings. The molecule has 0 fully saturated rings. The van der Waals surface area contributed by atoms with E-state index in [0.717, 1.165) is 6.07 Å². The molecular weight excluding hydrogens is 460 g/mol. The second-order valence-corrected chi connectivity index (χ2v) is 7.64. The SMILES string of the molecule is C=C(C)c1cc(C(O)(C(F)(F)F)C(F)(F)F)ccc1-c1ccc(NC(=O)c2ccccc2)cc1. The average molecular weight is 479 g/mol. The van der Waals surface area contributed by atoms with E-state index in [1.54, 1.807) is 54.6 Å². The van der Waals surface area contributed by atoms with Gasteiger partial charge in [-0.1, -0.05) is 54.6 Å². The first-order valence-electron chi connectivity index (χ1n) is 9.89. The molecule has 0 saturated heterocycles. The van der Waals surface area contributed by atoms with Crippen LogP contribution < -0.4 is 5.32 Å². The number of nitrogens with one attached hydrogen (secondary N) is 1. The van der Waals surface area contributed by atoms with Crippen molar-refractivity contribution in [2.45, 2.75) is 24.9 Å². The third-order valence-electron chi connectivity index (χ3n) is 5.21. The Morgan fingerprint density at radius 1 is 0.853 bits per heavy atom. The lowest BCUT2D eigenvalue weighted by Crippen LogP contribution is -2.53. The number of hydrogen-bond acceptors (Lipinski definition) is 2. The van der Waals surface area contributed by atoms with Crippen LogP contribution in [0.5, 0.6) is 0 Å². The van der Waals surface area contributed by atoms with Gasteiger partial charge in [-0.25, -0.2) is 0 Å². The van der Waals surface area contributed by atoms with Crippen LogP contribution in [0.2, 0.25) is 0 Å². The maximum absolute atomic E-state index is 13.3. The minimum absolute atomic E-state index is 0.00509. The first-order valence-corrected chi connectivity index (χ1v) is 9.89. The highest BCUT2D eigenvalue weighted by Crippen LogP contribution is 2.50. The van der Waals surface area contributed by atoms with Crippen molar-refractivity contribution in [1.82, 2.24) is 0 Å². The van der Waals surface area contributed by atoms with E-state index in [-0.39, 0.29) is 17.0 Å². The summed E-state index contributed by atoms with van der Waals surface area (Å²) in [6.07, 6.45) is -12.0. The van der Waals surface area contributed by atoms with Crippen LogP contribution in [0, 0.1) is 0 Å². The lowest BCUT2D eigenvalue weighted by molar-refractivity contribution is -0.376. The standard InChI is InChI=1S/C25H19F6NO2/c1-15(2)21-14-18(23(34,24(26,27)28)25(29,30)31)10-13-20(21)16-8-11-19(12-9-16)32-22(33)17-6-4-3-5-7-17/h3-14,34H,1H2,2H3,(H,32,33). The third kappa shape index (κ3) is 4.70. The van der Waals surface area contributed by atoms with Crippen LogP contribution in [0.15, 0.2) is 79.4 Å². The van der Waals surface area contributed by atoms with Crippen molar-refractivity contribution < 1.29 is 36.2 Å². The zero-order valence-electron chi connectivity index (χ0n) is 17.8. The molecule has 0 aromatic heterocycles. The summed E-state index contributed by atoms with van der Waals surface area (Å²) in [5.74, 6) is -0.348. The summed E-state index contributed by atoms with van der Waals surface area (Å²) in [7, 11) is 0. The van der Waals surface area contributed by atoms with Crippen molar-refractivity contribution in [1.29, 1.82) is 0 Å². The molecule has 0 spiro atoms. The van der Waals surface area contributed by atoms with Gasteiger partial charge in [-0.3, -0.25) is 4.79 Å². The van der Waals surface area contributed by atoms with E-state index in [1.807, 2.05) is 0 Å². The summed E-state index contributed by atoms with van der Waals surface area (Å²) in [5.41, 5.74) is -4.54. The molecule has 0 atom stereocenters. The number of carbonyl (C=O) groups is 1. The molecule has 0 heterocycles. The molecule has 0 aliphatic rings. The van der Waals surface area contributed by atoms with E-state index in [9.17, 15) is 36.2 Å². The van der Waals surface area contributed by atoms with Gasteiger partial charge < -0.3 is 10.4 Å². The number of anilines is 1. The number of carbonyl (C=O) groups excluding carboxylic acids is 1. The fourth-order valence-corrected chi connectivity index (χ4v) is 3.39. The lowest BCUT2D eigenvalue weighted by Gasteiger charge is -2.33. The smallest absolute Gasteiger partial charge is 0.369 e. The summed E-state index contributed by atoms with van der Waals surface area (Å²) in [6, 6.07) is 17.0. The number of rotatable bonds is 5. The Kier molecular flexibility index (Phi) is 6.61. The van der Waals surface area contributed by atoms with Gasteiger partial charge in [0, 0.05) is 16.8 Å². The Hall–Kier alpha value is -3.59. The van der Waals surface area contributed by atoms with Crippen molar-refractivity contribution in [2.75, 3.05) is 5.32 Å². The minimum Gasteiger partial charge on any atom is -0.369 e. The van der Waals surface area contributed by atoms with Gasteiger partial charge in [0.2, 0.25) is 0 Å². The molecule has 1 amide bonds. The molecule has 0 unspecified atom stereocenters. The molecule has 2 N–H and O–H groups in total. The average Bonchev–Trinajstić information content (AvgIpc) is 2.77. The first-order chi connectivity index (χ1) is 15.8. The van der Waals surface area contributed by atoms with E-state index in [2.05, 4.69) is 11.9 Å². The molecule has 0 saturated carbocycles. The number of hydrogen-bond donors (Lipinski definition) is 2. The molecule has 178 valence electrons. The first kappa shape index (κ1) is 25.0. The Bertz CT molecular complexity index is 1180. The van der Waals surface area contributed by atoms with Gasteiger partial charge in [0.1, 0.15) is 0 Å². The van der Waals surface area contributed by atoms with Gasteiger partial charge in [0.05, 0.1) is 0 Å². The van der Waals surface area contributed by atoms with Gasteiger partial charge in [0.25, 0.3) is 11.5 Å². The summed E-state index contributed by atoms with van der Waals surface area (Å²) < 4.78 is 79.7. The molecule has 0 radical (unpaired) electrons. The van der Waals surface area contributed by atoms with E-state index >= 15 is 0 Å². The van der Waals surface area contributed by atoms with Crippen LogP contribution in [0.4, 0.5) is 32.0 Å². The molecule has 9 heteroatoms. The Labute approximate surface area is 191 Å². The second kappa shape index (κ2) is 8.98. The minimum atomic E-state index is -5.99. The molecular formula is C25H19F6NO2. The van der Waals surface area contributed by atoms with Crippen LogP contribution >= 0.6 is 0 Å². The van der Waals surface area contributed by atoms with Crippen LogP contribution in [0.3, 0.4) is 0 Å². The zero-order valence-corrected chi connectivity index (χ0v) is 17.8. The van der Waals surface area contributed by atoms with Gasteiger partial charge in [-0.15, -0.1) is 0 Å².